The Balaban J connectivity index is 0.000000357. The minimum absolute atomic E-state index is 0.0427. The summed E-state index contributed by atoms with van der Waals surface area (Å²) in [5, 5.41) is 8.85. The quantitative estimate of drug-likeness (QED) is 0.235. The Labute approximate surface area is 247 Å². The first-order valence-corrected chi connectivity index (χ1v) is 14.8. The van der Waals surface area contributed by atoms with Gasteiger partial charge in [-0.15, -0.1) is 0 Å². The molecular weight excluding hydrogens is 506 g/mol. The number of amides is 1. The smallest absolute Gasteiger partial charge is 0.225 e. The molecule has 1 aliphatic heterocycles. The van der Waals surface area contributed by atoms with E-state index in [1.54, 1.807) is 6.33 Å². The number of carbonyl (C=O) groups excluding carboxylic acids is 1. The molecule has 0 aliphatic carbocycles. The molecular formula is C35H47N5O. The van der Waals surface area contributed by atoms with Crippen molar-refractivity contribution < 1.29 is 4.79 Å². The van der Waals surface area contributed by atoms with Crippen LogP contribution in [0.1, 0.15) is 77.6 Å². The Hall–Kier alpha value is -3.98. The zero-order chi connectivity index (χ0) is 30.2. The molecule has 6 nitrogen and oxygen atoms in total. The van der Waals surface area contributed by atoms with Crippen LogP contribution in [0.5, 0.6) is 0 Å². The molecule has 1 amide bonds. The normalized spacial score (nSPS) is 14.7. The number of anilines is 1. The number of aryl methyl sites for hydroxylation is 1. The van der Waals surface area contributed by atoms with Gasteiger partial charge in [0.25, 0.3) is 0 Å². The summed E-state index contributed by atoms with van der Waals surface area (Å²) in [4.78, 5) is 25.6. The van der Waals surface area contributed by atoms with Gasteiger partial charge in [-0.1, -0.05) is 88.2 Å². The maximum atomic E-state index is 12.3. The third kappa shape index (κ3) is 10.2. The van der Waals surface area contributed by atoms with Gasteiger partial charge in [0.1, 0.15) is 12.1 Å². The first kappa shape index (κ1) is 33.2. The van der Waals surface area contributed by atoms with Gasteiger partial charge in [0.05, 0.1) is 17.3 Å². The molecule has 1 fully saturated rings. The van der Waals surface area contributed by atoms with Crippen molar-refractivity contribution in [3.63, 3.8) is 0 Å². The van der Waals surface area contributed by atoms with Crippen molar-refractivity contribution in [2.75, 3.05) is 31.1 Å². The van der Waals surface area contributed by atoms with Crippen molar-refractivity contribution in [1.82, 2.24) is 14.9 Å². The average molecular weight is 554 g/mol. The number of allylic oxidation sites excluding steroid dienone is 7. The van der Waals surface area contributed by atoms with Crippen molar-refractivity contribution in [3.05, 3.63) is 95.0 Å². The summed E-state index contributed by atoms with van der Waals surface area (Å²) >= 11 is 0. The third-order valence-corrected chi connectivity index (χ3v) is 6.87. The van der Waals surface area contributed by atoms with Gasteiger partial charge in [0.15, 0.2) is 0 Å². The SMILES string of the molecule is C/C=C(/c1ccccc1)c1c(C)ncnc1N1CCN(C(=O)C(C)C)CC1.CC/C=C/C=C(C#N)\C=C(/C)CCC. The summed E-state index contributed by atoms with van der Waals surface area (Å²) in [5.41, 5.74) is 6.36. The number of hydrogen-bond acceptors (Lipinski definition) is 5. The summed E-state index contributed by atoms with van der Waals surface area (Å²) in [7, 11) is 0. The minimum atomic E-state index is 0.0427. The minimum Gasteiger partial charge on any atom is -0.352 e. The van der Waals surface area contributed by atoms with Crippen LogP contribution in [0.25, 0.3) is 5.57 Å². The second-order valence-corrected chi connectivity index (χ2v) is 10.5. The molecule has 218 valence electrons. The van der Waals surface area contributed by atoms with E-state index in [0.29, 0.717) is 0 Å². The molecule has 0 atom stereocenters. The molecule has 1 aliphatic rings. The Kier molecular flexibility index (Phi) is 14.3. The van der Waals surface area contributed by atoms with E-state index < -0.39 is 0 Å². The van der Waals surface area contributed by atoms with Crippen LogP contribution in [-0.2, 0) is 4.79 Å². The molecule has 1 saturated heterocycles. The van der Waals surface area contributed by atoms with Gasteiger partial charge in [-0.05, 0) is 56.9 Å². The van der Waals surface area contributed by atoms with Crippen LogP contribution in [0.15, 0.2) is 78.2 Å². The highest BCUT2D eigenvalue weighted by Gasteiger charge is 2.26. The highest BCUT2D eigenvalue weighted by atomic mass is 16.2. The maximum absolute atomic E-state index is 12.3. The molecule has 2 aromatic rings. The summed E-state index contributed by atoms with van der Waals surface area (Å²) in [6.07, 6.45) is 14.8. The number of nitrogens with zero attached hydrogens (tertiary/aromatic N) is 5. The first-order valence-electron chi connectivity index (χ1n) is 14.8. The fourth-order valence-electron chi connectivity index (χ4n) is 4.75. The molecule has 1 aromatic carbocycles. The largest absolute Gasteiger partial charge is 0.352 e. The van der Waals surface area contributed by atoms with Crippen molar-refractivity contribution in [1.29, 1.82) is 5.26 Å². The van der Waals surface area contributed by atoms with E-state index in [2.05, 4.69) is 66.8 Å². The average Bonchev–Trinajstić information content (AvgIpc) is 2.98. The molecule has 0 N–H and O–H groups in total. The lowest BCUT2D eigenvalue weighted by molar-refractivity contribution is -0.134. The van der Waals surface area contributed by atoms with E-state index in [1.807, 2.05) is 68.2 Å². The second-order valence-electron chi connectivity index (χ2n) is 10.5. The Morgan fingerprint density at radius 2 is 1.78 bits per heavy atom. The molecule has 41 heavy (non-hydrogen) atoms. The van der Waals surface area contributed by atoms with Crippen molar-refractivity contribution in [3.8, 4) is 6.07 Å². The van der Waals surface area contributed by atoms with E-state index in [4.69, 9.17) is 5.26 Å². The fourth-order valence-corrected chi connectivity index (χ4v) is 4.75. The summed E-state index contributed by atoms with van der Waals surface area (Å²) in [6, 6.07) is 12.5. The number of aromatic nitrogens is 2. The maximum Gasteiger partial charge on any atom is 0.225 e. The van der Waals surface area contributed by atoms with Crippen LogP contribution < -0.4 is 4.90 Å². The summed E-state index contributed by atoms with van der Waals surface area (Å²) in [6.45, 7) is 17.3. The molecule has 0 unspecified atom stereocenters. The highest BCUT2D eigenvalue weighted by Crippen LogP contribution is 2.32. The number of piperazine rings is 1. The van der Waals surface area contributed by atoms with Crippen molar-refractivity contribution in [2.45, 2.75) is 67.7 Å². The first-order chi connectivity index (χ1) is 19.8. The predicted octanol–water partition coefficient (Wildman–Crippen LogP) is 7.69. The molecule has 6 heteroatoms. The molecule has 2 heterocycles. The zero-order valence-corrected chi connectivity index (χ0v) is 26.0. The number of carbonyl (C=O) groups is 1. The van der Waals surface area contributed by atoms with E-state index in [-0.39, 0.29) is 11.8 Å². The second kappa shape index (κ2) is 17.7. The number of hydrogen-bond donors (Lipinski definition) is 0. The third-order valence-electron chi connectivity index (χ3n) is 6.87. The number of nitriles is 1. The molecule has 3 rings (SSSR count). The van der Waals surface area contributed by atoms with Gasteiger partial charge in [-0.2, -0.15) is 5.26 Å². The van der Waals surface area contributed by atoms with Crippen LogP contribution >= 0.6 is 0 Å². The molecule has 0 radical (unpaired) electrons. The lowest BCUT2D eigenvalue weighted by atomic mass is 9.96. The number of rotatable bonds is 9. The van der Waals surface area contributed by atoms with E-state index >= 15 is 0 Å². The van der Waals surface area contributed by atoms with Crippen LogP contribution in [-0.4, -0.2) is 47.0 Å². The van der Waals surface area contributed by atoms with Crippen LogP contribution in [0.3, 0.4) is 0 Å². The standard InChI is InChI=1S/C22H28N4O.C13H19N/c1-5-19(18-9-7-6-8-10-18)20-17(4)23-15-24-21(20)25-11-13-26(14-12-25)22(27)16(2)3;1-4-6-7-9-13(11-14)10-12(3)8-5-2/h5-10,15-16H,11-14H2,1-4H3;6-7,9-10H,4-5,8H2,1-3H3/b19-5-;7-6+,12-10+,13-9+. The van der Waals surface area contributed by atoms with Gasteiger partial charge in [0.2, 0.25) is 5.91 Å². The monoisotopic (exact) mass is 553 g/mol. The summed E-state index contributed by atoms with van der Waals surface area (Å²) in [5.74, 6) is 1.23. The van der Waals surface area contributed by atoms with Gasteiger partial charge in [-0.25, -0.2) is 9.97 Å². The Morgan fingerprint density at radius 3 is 2.34 bits per heavy atom. The Bertz CT molecular complexity index is 1270. The lowest BCUT2D eigenvalue weighted by Gasteiger charge is -2.37. The van der Waals surface area contributed by atoms with Crippen LogP contribution in [0, 0.1) is 24.2 Å². The van der Waals surface area contributed by atoms with Gasteiger partial charge >= 0.3 is 0 Å². The van der Waals surface area contributed by atoms with E-state index in [1.165, 1.54) is 5.57 Å². The molecule has 1 aromatic heterocycles. The van der Waals surface area contributed by atoms with Gasteiger partial charge in [0, 0.05) is 37.7 Å². The molecule has 0 bridgehead atoms. The van der Waals surface area contributed by atoms with Gasteiger partial charge < -0.3 is 9.80 Å². The van der Waals surface area contributed by atoms with E-state index in [9.17, 15) is 4.79 Å². The van der Waals surface area contributed by atoms with Crippen LogP contribution in [0.2, 0.25) is 0 Å². The predicted molar refractivity (Wildman–Crippen MR) is 171 cm³/mol. The van der Waals surface area contributed by atoms with Crippen molar-refractivity contribution in [2.24, 2.45) is 5.92 Å². The van der Waals surface area contributed by atoms with Gasteiger partial charge in [-0.3, -0.25) is 4.79 Å². The summed E-state index contributed by atoms with van der Waals surface area (Å²) < 4.78 is 0. The van der Waals surface area contributed by atoms with Crippen molar-refractivity contribution >= 4 is 17.3 Å². The van der Waals surface area contributed by atoms with Crippen LogP contribution in [0.4, 0.5) is 5.82 Å². The molecule has 0 spiro atoms. The topological polar surface area (TPSA) is 73.1 Å². The number of benzene rings is 1. The Morgan fingerprint density at radius 1 is 1.10 bits per heavy atom. The zero-order valence-electron chi connectivity index (χ0n) is 26.0. The van der Waals surface area contributed by atoms with E-state index in [0.717, 1.165) is 79.2 Å². The lowest BCUT2D eigenvalue weighted by Crippen LogP contribution is -2.50. The fraction of sp³-hybridized carbons (Fsp3) is 0.429. The highest BCUT2D eigenvalue weighted by molar-refractivity contribution is 5.86. The molecule has 0 saturated carbocycles.